The fourth-order valence-electron chi connectivity index (χ4n) is 0.941. The van der Waals surface area contributed by atoms with Gasteiger partial charge in [-0.2, -0.15) is 20.5 Å². The Morgan fingerprint density at radius 1 is 1.15 bits per heavy atom. The van der Waals surface area contributed by atoms with Gasteiger partial charge in [-0.25, -0.2) is 0 Å². The summed E-state index contributed by atoms with van der Waals surface area (Å²) in [6.45, 7) is 3.74. The fourth-order valence-corrected chi connectivity index (χ4v) is 1.76. The van der Waals surface area contributed by atoms with Crippen molar-refractivity contribution in [1.29, 1.82) is 0 Å². The third kappa shape index (κ3) is 12.0. The van der Waals surface area contributed by atoms with Crippen molar-refractivity contribution >= 4 is 11.8 Å². The zero-order valence-corrected chi connectivity index (χ0v) is 8.71. The molecule has 0 rings (SSSR count). The van der Waals surface area contributed by atoms with E-state index in [-0.39, 0.29) is 0 Å². The lowest BCUT2D eigenvalue weighted by atomic mass is 10.2. The smallest absolute Gasteiger partial charge is 0.174 e. The zero-order valence-electron chi connectivity index (χ0n) is 7.90. The third-order valence-electron chi connectivity index (χ3n) is 1.58. The lowest BCUT2D eigenvalue weighted by Crippen LogP contribution is -1.83. The maximum atomic E-state index is 11.6. The molecular weight excluding hydrogens is 190 g/mol. The normalized spacial score (nSPS) is 10.1. The molecule has 0 aliphatic carbocycles. The Hall–Kier alpha value is -0.0500. The number of hydrogen-bond acceptors (Lipinski definition) is 1. The van der Waals surface area contributed by atoms with E-state index in [4.69, 9.17) is 0 Å². The van der Waals surface area contributed by atoms with Crippen LogP contribution in [0.3, 0.4) is 0 Å². The SMILES string of the molecule is [CH2]CCSCCCCCC=C(F)F. The highest BCUT2D eigenvalue weighted by atomic mass is 32.2. The summed E-state index contributed by atoms with van der Waals surface area (Å²) in [6.07, 6.45) is 4.00. The number of rotatable bonds is 8. The van der Waals surface area contributed by atoms with Crippen molar-refractivity contribution in [2.75, 3.05) is 11.5 Å². The Bertz CT molecular complexity index is 131. The van der Waals surface area contributed by atoms with E-state index in [0.29, 0.717) is 6.42 Å². The maximum absolute atomic E-state index is 11.6. The topological polar surface area (TPSA) is 0 Å². The third-order valence-corrected chi connectivity index (χ3v) is 2.73. The molecule has 0 amide bonds. The van der Waals surface area contributed by atoms with E-state index >= 15 is 0 Å². The van der Waals surface area contributed by atoms with Crippen LogP contribution in [0.2, 0.25) is 0 Å². The van der Waals surface area contributed by atoms with Gasteiger partial charge >= 0.3 is 0 Å². The molecule has 0 N–H and O–H groups in total. The molecule has 0 aliphatic heterocycles. The van der Waals surface area contributed by atoms with E-state index < -0.39 is 6.08 Å². The summed E-state index contributed by atoms with van der Waals surface area (Å²) in [6, 6.07) is 0. The Labute approximate surface area is 83.8 Å². The fraction of sp³-hybridized carbons (Fsp3) is 0.700. The highest BCUT2D eigenvalue weighted by molar-refractivity contribution is 7.99. The summed E-state index contributed by atoms with van der Waals surface area (Å²) < 4.78 is 23.1. The van der Waals surface area contributed by atoms with Crippen molar-refractivity contribution in [3.05, 3.63) is 19.1 Å². The van der Waals surface area contributed by atoms with E-state index in [1.54, 1.807) is 0 Å². The Balaban J connectivity index is 2.96. The molecule has 0 aromatic carbocycles. The van der Waals surface area contributed by atoms with Gasteiger partial charge < -0.3 is 0 Å². The van der Waals surface area contributed by atoms with Gasteiger partial charge in [-0.1, -0.05) is 13.3 Å². The van der Waals surface area contributed by atoms with E-state index in [9.17, 15) is 8.78 Å². The molecule has 0 nitrogen and oxygen atoms in total. The highest BCUT2D eigenvalue weighted by Crippen LogP contribution is 2.09. The van der Waals surface area contributed by atoms with Gasteiger partial charge in [-0.3, -0.25) is 0 Å². The first-order valence-corrected chi connectivity index (χ1v) is 5.81. The average molecular weight is 207 g/mol. The van der Waals surface area contributed by atoms with Gasteiger partial charge in [0.05, 0.1) is 0 Å². The highest BCUT2D eigenvalue weighted by Gasteiger charge is 1.91. The van der Waals surface area contributed by atoms with E-state index in [1.165, 1.54) is 0 Å². The molecule has 0 atom stereocenters. The minimum absolute atomic E-state index is 0.516. The molecule has 0 aromatic heterocycles. The molecule has 1 radical (unpaired) electrons. The van der Waals surface area contributed by atoms with Crippen LogP contribution in [-0.4, -0.2) is 11.5 Å². The van der Waals surface area contributed by atoms with Crippen LogP contribution in [0.4, 0.5) is 8.78 Å². The van der Waals surface area contributed by atoms with Gasteiger partial charge in [0.25, 0.3) is 6.08 Å². The van der Waals surface area contributed by atoms with Crippen LogP contribution in [0, 0.1) is 6.92 Å². The standard InChI is InChI=1S/C10H17F2S/c1-2-8-13-9-6-4-3-5-7-10(11)12/h7H,1-6,8-9H2. The second kappa shape index (κ2) is 10.0. The minimum Gasteiger partial charge on any atom is -0.174 e. The number of thioether (sulfide) groups is 1. The molecule has 13 heavy (non-hydrogen) atoms. The van der Waals surface area contributed by atoms with Crippen LogP contribution < -0.4 is 0 Å². The molecule has 0 spiro atoms. The average Bonchev–Trinajstić information content (AvgIpc) is 2.09. The van der Waals surface area contributed by atoms with Crippen LogP contribution >= 0.6 is 11.8 Å². The number of unbranched alkanes of at least 4 members (excludes halogenated alkanes) is 3. The quantitative estimate of drug-likeness (QED) is 0.535. The second-order valence-electron chi connectivity index (χ2n) is 2.81. The molecule has 0 aromatic rings. The summed E-state index contributed by atoms with van der Waals surface area (Å²) in [5.74, 6) is 2.25. The summed E-state index contributed by atoms with van der Waals surface area (Å²) in [5, 5.41) is 0. The number of allylic oxidation sites excluding steroid dienone is 1. The van der Waals surface area contributed by atoms with Gasteiger partial charge in [0.15, 0.2) is 0 Å². The van der Waals surface area contributed by atoms with Crippen LogP contribution in [0.1, 0.15) is 32.1 Å². The van der Waals surface area contributed by atoms with Crippen LogP contribution in [0.15, 0.2) is 12.2 Å². The van der Waals surface area contributed by atoms with Gasteiger partial charge in [0.2, 0.25) is 0 Å². The van der Waals surface area contributed by atoms with Crippen molar-refractivity contribution in [2.24, 2.45) is 0 Å². The molecule has 0 saturated carbocycles. The van der Waals surface area contributed by atoms with Crippen LogP contribution in [0.5, 0.6) is 0 Å². The van der Waals surface area contributed by atoms with Crippen molar-refractivity contribution < 1.29 is 8.78 Å². The predicted octanol–water partition coefficient (Wildman–Crippen LogP) is 4.28. The van der Waals surface area contributed by atoms with Crippen molar-refractivity contribution in [3.8, 4) is 0 Å². The first-order valence-electron chi connectivity index (χ1n) is 4.65. The Kier molecular flexibility index (Phi) is 10.00. The van der Waals surface area contributed by atoms with Crippen molar-refractivity contribution in [2.45, 2.75) is 32.1 Å². The molecule has 0 fully saturated rings. The largest absolute Gasteiger partial charge is 0.266 e. The predicted molar refractivity (Wildman–Crippen MR) is 56.1 cm³/mol. The molecule has 0 bridgehead atoms. The van der Waals surface area contributed by atoms with E-state index in [2.05, 4.69) is 6.92 Å². The lowest BCUT2D eigenvalue weighted by Gasteiger charge is -1.98. The molecule has 0 saturated heterocycles. The minimum atomic E-state index is -1.55. The molecule has 0 heterocycles. The van der Waals surface area contributed by atoms with Crippen LogP contribution in [-0.2, 0) is 0 Å². The molecule has 3 heteroatoms. The second-order valence-corrected chi connectivity index (χ2v) is 4.03. The van der Waals surface area contributed by atoms with Crippen LogP contribution in [0.25, 0.3) is 0 Å². The lowest BCUT2D eigenvalue weighted by molar-refractivity contribution is 0.416. The summed E-state index contributed by atoms with van der Waals surface area (Å²) >= 11 is 1.89. The first-order chi connectivity index (χ1) is 6.27. The van der Waals surface area contributed by atoms with Gasteiger partial charge in [-0.05, 0) is 43.3 Å². The van der Waals surface area contributed by atoms with Gasteiger partial charge in [-0.15, -0.1) is 0 Å². The monoisotopic (exact) mass is 207 g/mol. The first kappa shape index (κ1) is 12.9. The Morgan fingerprint density at radius 3 is 2.54 bits per heavy atom. The molecule has 0 aliphatic rings. The molecular formula is C10H17F2S. The van der Waals surface area contributed by atoms with Gasteiger partial charge in [0, 0.05) is 0 Å². The summed E-state index contributed by atoms with van der Waals surface area (Å²) in [5.41, 5.74) is 0. The Morgan fingerprint density at radius 2 is 1.92 bits per heavy atom. The maximum Gasteiger partial charge on any atom is 0.266 e. The summed E-state index contributed by atoms with van der Waals surface area (Å²) in [4.78, 5) is 0. The number of hydrogen-bond donors (Lipinski definition) is 0. The summed E-state index contributed by atoms with van der Waals surface area (Å²) in [7, 11) is 0. The van der Waals surface area contributed by atoms with Crippen molar-refractivity contribution in [3.63, 3.8) is 0 Å². The zero-order chi connectivity index (χ0) is 9.94. The van der Waals surface area contributed by atoms with Gasteiger partial charge in [0.1, 0.15) is 0 Å². The van der Waals surface area contributed by atoms with Crippen molar-refractivity contribution in [1.82, 2.24) is 0 Å². The molecule has 77 valence electrons. The number of halogens is 2. The van der Waals surface area contributed by atoms with E-state index in [0.717, 1.165) is 43.3 Å². The molecule has 0 unspecified atom stereocenters. The van der Waals surface area contributed by atoms with E-state index in [1.807, 2.05) is 11.8 Å².